The highest BCUT2D eigenvalue weighted by Crippen LogP contribution is 2.25. The largest absolute Gasteiger partial charge is 0.367 e. The van der Waals surface area contributed by atoms with Gasteiger partial charge in [0.15, 0.2) is 0 Å². The maximum Gasteiger partial charge on any atom is 0.251 e. The molecule has 1 aromatic heterocycles. The van der Waals surface area contributed by atoms with E-state index in [1.807, 2.05) is 30.3 Å². The van der Waals surface area contributed by atoms with E-state index in [2.05, 4.69) is 51.3 Å². The molecule has 1 saturated heterocycles. The monoisotopic (exact) mass is 362 g/mol. The second kappa shape index (κ2) is 7.75. The maximum absolute atomic E-state index is 12.5. The van der Waals surface area contributed by atoms with Gasteiger partial charge in [-0.3, -0.25) is 4.79 Å². The van der Waals surface area contributed by atoms with E-state index >= 15 is 0 Å². The first-order chi connectivity index (χ1) is 12.8. The minimum Gasteiger partial charge on any atom is -0.367 e. The predicted octanol–water partition coefficient (Wildman–Crippen LogP) is 4.81. The maximum atomic E-state index is 12.5. The van der Waals surface area contributed by atoms with Crippen molar-refractivity contribution in [3.05, 3.63) is 77.0 Å². The van der Waals surface area contributed by atoms with Crippen molar-refractivity contribution in [2.45, 2.75) is 18.9 Å². The Kier molecular flexibility index (Phi) is 5.02. The van der Waals surface area contributed by atoms with Crippen LogP contribution in [-0.4, -0.2) is 25.0 Å². The first kappa shape index (κ1) is 16.9. The number of nitrogens with one attached hydrogen (secondary N) is 1. The van der Waals surface area contributed by atoms with E-state index < -0.39 is 0 Å². The fourth-order valence-corrected chi connectivity index (χ4v) is 4.23. The van der Waals surface area contributed by atoms with Crippen LogP contribution >= 0.6 is 11.3 Å². The number of rotatable bonds is 5. The molecule has 1 aliphatic heterocycles. The molecule has 1 atom stereocenters. The summed E-state index contributed by atoms with van der Waals surface area (Å²) in [5.74, 6) is 0.00165. The van der Waals surface area contributed by atoms with Crippen molar-refractivity contribution in [1.82, 2.24) is 5.32 Å². The quantitative estimate of drug-likeness (QED) is 0.706. The van der Waals surface area contributed by atoms with E-state index in [-0.39, 0.29) is 5.91 Å². The lowest BCUT2D eigenvalue weighted by atomic mass is 10.1. The van der Waals surface area contributed by atoms with Crippen LogP contribution in [0.15, 0.2) is 71.4 Å². The molecule has 0 spiro atoms. The molecule has 0 bridgehead atoms. The van der Waals surface area contributed by atoms with Crippen LogP contribution in [0.4, 0.5) is 5.69 Å². The molecular weight excluding hydrogens is 340 g/mol. The molecule has 2 aromatic carbocycles. The van der Waals surface area contributed by atoms with E-state index in [4.69, 9.17) is 0 Å². The number of hydrogen-bond donors (Lipinski definition) is 1. The van der Waals surface area contributed by atoms with Crippen molar-refractivity contribution in [2.75, 3.05) is 18.0 Å². The van der Waals surface area contributed by atoms with Gasteiger partial charge in [0.2, 0.25) is 0 Å². The Bertz CT molecular complexity index is 844. The van der Waals surface area contributed by atoms with Gasteiger partial charge in [0.25, 0.3) is 5.91 Å². The van der Waals surface area contributed by atoms with Crippen molar-refractivity contribution in [3.63, 3.8) is 0 Å². The van der Waals surface area contributed by atoms with Crippen LogP contribution in [0.1, 0.15) is 23.2 Å². The standard InChI is InChI=1S/C22H22N2OS/c25-22(18-10-8-17(9-11-18)19-12-14-26-16-19)23-15-21-7-4-13-24(21)20-5-2-1-3-6-20/h1-3,5-6,8-12,14,16,21H,4,7,13,15H2,(H,23,25). The van der Waals surface area contributed by atoms with Crippen LogP contribution in [0.5, 0.6) is 0 Å². The van der Waals surface area contributed by atoms with Crippen LogP contribution < -0.4 is 10.2 Å². The lowest BCUT2D eigenvalue weighted by molar-refractivity contribution is 0.0951. The number of hydrogen-bond acceptors (Lipinski definition) is 3. The number of benzene rings is 2. The molecule has 1 amide bonds. The molecule has 4 heteroatoms. The summed E-state index contributed by atoms with van der Waals surface area (Å²) in [6.45, 7) is 1.74. The third-order valence-electron chi connectivity index (χ3n) is 4.96. The van der Waals surface area contributed by atoms with Gasteiger partial charge >= 0.3 is 0 Å². The number of thiophene rings is 1. The first-order valence-electron chi connectivity index (χ1n) is 9.04. The van der Waals surface area contributed by atoms with Crippen LogP contribution in [0.25, 0.3) is 11.1 Å². The second-order valence-corrected chi connectivity index (χ2v) is 7.40. The molecule has 132 valence electrons. The SMILES string of the molecule is O=C(NCC1CCCN1c1ccccc1)c1ccc(-c2ccsc2)cc1. The highest BCUT2D eigenvalue weighted by Gasteiger charge is 2.25. The molecule has 0 radical (unpaired) electrons. The van der Waals surface area contributed by atoms with E-state index in [1.54, 1.807) is 11.3 Å². The minimum atomic E-state index is 0.00165. The van der Waals surface area contributed by atoms with Crippen LogP contribution in [-0.2, 0) is 0 Å². The topological polar surface area (TPSA) is 32.3 Å². The molecule has 0 saturated carbocycles. The lowest BCUT2D eigenvalue weighted by Crippen LogP contribution is -2.40. The Morgan fingerprint density at radius 2 is 1.85 bits per heavy atom. The number of amides is 1. The molecule has 2 heterocycles. The van der Waals surface area contributed by atoms with Crippen LogP contribution in [0.2, 0.25) is 0 Å². The Labute approximate surface area is 158 Å². The highest BCUT2D eigenvalue weighted by atomic mass is 32.1. The molecule has 1 aliphatic rings. The van der Waals surface area contributed by atoms with Gasteiger partial charge in [0.1, 0.15) is 0 Å². The average molecular weight is 362 g/mol. The molecule has 0 aliphatic carbocycles. The Balaban J connectivity index is 1.37. The fraction of sp³-hybridized carbons (Fsp3) is 0.227. The van der Waals surface area contributed by atoms with Crippen molar-refractivity contribution in [3.8, 4) is 11.1 Å². The molecule has 1 fully saturated rings. The van der Waals surface area contributed by atoms with Gasteiger partial charge in [-0.25, -0.2) is 0 Å². The zero-order valence-electron chi connectivity index (χ0n) is 14.6. The number of nitrogens with zero attached hydrogens (tertiary/aromatic N) is 1. The van der Waals surface area contributed by atoms with Gasteiger partial charge in [-0.05, 0) is 65.1 Å². The summed E-state index contributed by atoms with van der Waals surface area (Å²) >= 11 is 1.68. The number of carbonyl (C=O) groups is 1. The molecule has 1 N–H and O–H groups in total. The summed E-state index contributed by atoms with van der Waals surface area (Å²) in [6, 6.07) is 20.8. The highest BCUT2D eigenvalue weighted by molar-refractivity contribution is 7.08. The smallest absolute Gasteiger partial charge is 0.251 e. The Morgan fingerprint density at radius 1 is 1.04 bits per heavy atom. The van der Waals surface area contributed by atoms with Crippen molar-refractivity contribution in [1.29, 1.82) is 0 Å². The average Bonchev–Trinajstić information content (AvgIpc) is 3.39. The molecule has 1 unspecified atom stereocenters. The predicted molar refractivity (Wildman–Crippen MR) is 109 cm³/mol. The van der Waals surface area contributed by atoms with Gasteiger partial charge in [0.05, 0.1) is 0 Å². The van der Waals surface area contributed by atoms with E-state index in [0.717, 1.165) is 18.5 Å². The van der Waals surface area contributed by atoms with Gasteiger partial charge in [0, 0.05) is 30.4 Å². The first-order valence-corrected chi connectivity index (χ1v) is 9.98. The van der Waals surface area contributed by atoms with Crippen molar-refractivity contribution >= 4 is 22.9 Å². The second-order valence-electron chi connectivity index (χ2n) is 6.62. The number of para-hydroxylation sites is 1. The summed E-state index contributed by atoms with van der Waals surface area (Å²) in [4.78, 5) is 14.9. The summed E-state index contributed by atoms with van der Waals surface area (Å²) in [5.41, 5.74) is 4.30. The van der Waals surface area contributed by atoms with E-state index in [1.165, 1.54) is 17.7 Å². The summed E-state index contributed by atoms with van der Waals surface area (Å²) in [5, 5.41) is 7.30. The third-order valence-corrected chi connectivity index (χ3v) is 5.65. The van der Waals surface area contributed by atoms with Crippen LogP contribution in [0, 0.1) is 0 Å². The number of anilines is 1. The summed E-state index contributed by atoms with van der Waals surface area (Å²) < 4.78 is 0. The van der Waals surface area contributed by atoms with E-state index in [9.17, 15) is 4.79 Å². The third kappa shape index (κ3) is 3.65. The van der Waals surface area contributed by atoms with Gasteiger partial charge < -0.3 is 10.2 Å². The number of carbonyl (C=O) groups excluding carboxylic acids is 1. The molecule has 26 heavy (non-hydrogen) atoms. The fourth-order valence-electron chi connectivity index (χ4n) is 3.56. The zero-order valence-corrected chi connectivity index (χ0v) is 15.4. The molecular formula is C22H22N2OS. The Morgan fingerprint density at radius 3 is 2.58 bits per heavy atom. The van der Waals surface area contributed by atoms with Crippen molar-refractivity contribution in [2.24, 2.45) is 0 Å². The van der Waals surface area contributed by atoms with Crippen molar-refractivity contribution < 1.29 is 4.79 Å². The van der Waals surface area contributed by atoms with E-state index in [0.29, 0.717) is 18.2 Å². The normalized spacial score (nSPS) is 16.6. The van der Waals surface area contributed by atoms with Gasteiger partial charge in [-0.15, -0.1) is 0 Å². The minimum absolute atomic E-state index is 0.00165. The lowest BCUT2D eigenvalue weighted by Gasteiger charge is -2.27. The molecule has 3 nitrogen and oxygen atoms in total. The van der Waals surface area contributed by atoms with Gasteiger partial charge in [-0.1, -0.05) is 30.3 Å². The van der Waals surface area contributed by atoms with Crippen LogP contribution in [0.3, 0.4) is 0 Å². The Hall–Kier alpha value is -2.59. The zero-order chi connectivity index (χ0) is 17.8. The summed E-state index contributed by atoms with van der Waals surface area (Å²) in [7, 11) is 0. The molecule has 3 aromatic rings. The van der Waals surface area contributed by atoms with Gasteiger partial charge in [-0.2, -0.15) is 11.3 Å². The molecule has 4 rings (SSSR count). The summed E-state index contributed by atoms with van der Waals surface area (Å²) in [6.07, 6.45) is 2.29.